The van der Waals surface area contributed by atoms with E-state index in [1.807, 2.05) is 34.9 Å². The van der Waals surface area contributed by atoms with Crippen molar-refractivity contribution >= 4 is 50.5 Å². The maximum atomic E-state index is 12.8. The molecule has 0 aliphatic carbocycles. The Morgan fingerprint density at radius 3 is 2.37 bits per heavy atom. The van der Waals surface area contributed by atoms with Gasteiger partial charge in [0.25, 0.3) is 0 Å². The van der Waals surface area contributed by atoms with Gasteiger partial charge in [-0.15, -0.1) is 0 Å². The van der Waals surface area contributed by atoms with Crippen molar-refractivity contribution in [2.45, 2.75) is 26.3 Å². The summed E-state index contributed by atoms with van der Waals surface area (Å²) < 4.78 is 12.9. The predicted octanol–water partition coefficient (Wildman–Crippen LogP) is 4.59. The molecule has 0 unspecified atom stereocenters. The number of halogens is 1. The third-order valence-electron chi connectivity index (χ3n) is 5.24. The lowest BCUT2D eigenvalue weighted by Crippen LogP contribution is -2.27. The molecule has 0 saturated heterocycles. The van der Waals surface area contributed by atoms with Crippen LogP contribution >= 0.6 is 15.9 Å². The van der Waals surface area contributed by atoms with Crippen molar-refractivity contribution in [2.75, 3.05) is 18.5 Å². The highest BCUT2D eigenvalue weighted by Gasteiger charge is 2.34. The first kappa shape index (κ1) is 24.3. The van der Waals surface area contributed by atoms with E-state index >= 15 is 0 Å². The van der Waals surface area contributed by atoms with Crippen LogP contribution in [0.3, 0.4) is 0 Å². The van der Waals surface area contributed by atoms with Crippen molar-refractivity contribution < 1.29 is 19.1 Å². The summed E-state index contributed by atoms with van der Waals surface area (Å²) in [6, 6.07) is 15.2. The van der Waals surface area contributed by atoms with Crippen LogP contribution in [0.2, 0.25) is 0 Å². The van der Waals surface area contributed by atoms with Crippen molar-refractivity contribution in [3.05, 3.63) is 76.8 Å². The largest absolute Gasteiger partial charge is 0.465 e. The number of aromatic nitrogens is 4. The number of hydrogen-bond acceptors (Lipinski definition) is 8. The number of para-hydroxylation sites is 1. The minimum atomic E-state index is -1.26. The Balaban J connectivity index is 1.73. The van der Waals surface area contributed by atoms with Gasteiger partial charge in [-0.1, -0.05) is 42.5 Å². The molecule has 0 fully saturated rings. The second-order valence-electron chi connectivity index (χ2n) is 7.52. The fourth-order valence-corrected chi connectivity index (χ4v) is 4.18. The van der Waals surface area contributed by atoms with E-state index in [0.29, 0.717) is 39.3 Å². The molecule has 35 heavy (non-hydrogen) atoms. The Bertz CT molecular complexity index is 1320. The van der Waals surface area contributed by atoms with Crippen LogP contribution in [0.1, 0.15) is 30.9 Å². The van der Waals surface area contributed by atoms with Gasteiger partial charge in [0, 0.05) is 10.0 Å². The van der Waals surface area contributed by atoms with Crippen molar-refractivity contribution in [3.8, 4) is 0 Å². The van der Waals surface area contributed by atoms with Crippen LogP contribution in [0.15, 0.2) is 65.7 Å². The second kappa shape index (κ2) is 11.1. The third-order valence-corrected chi connectivity index (χ3v) is 5.90. The third kappa shape index (κ3) is 5.32. The molecule has 4 aromatic rings. The number of nitrogens with zero attached hydrogens (tertiary/aromatic N) is 4. The molecule has 0 radical (unpaired) electrons. The van der Waals surface area contributed by atoms with Gasteiger partial charge in [0.05, 0.1) is 31.8 Å². The van der Waals surface area contributed by atoms with Crippen LogP contribution in [0.5, 0.6) is 0 Å². The quantitative estimate of drug-likeness (QED) is 0.244. The number of imidazole rings is 1. The Labute approximate surface area is 210 Å². The molecule has 1 N–H and O–H groups in total. The minimum absolute atomic E-state index is 0.136. The van der Waals surface area contributed by atoms with Gasteiger partial charge in [0.1, 0.15) is 6.33 Å². The van der Waals surface area contributed by atoms with Gasteiger partial charge in [-0.25, -0.2) is 15.0 Å². The van der Waals surface area contributed by atoms with E-state index in [1.165, 1.54) is 6.33 Å². The first-order valence-electron chi connectivity index (χ1n) is 11.1. The van der Waals surface area contributed by atoms with E-state index in [0.717, 1.165) is 5.56 Å². The number of fused-ring (bicyclic) bond motifs is 1. The number of benzene rings is 2. The number of rotatable bonds is 9. The Hall–Kier alpha value is -3.79. The molecule has 0 aliphatic rings. The lowest BCUT2D eigenvalue weighted by molar-refractivity contribution is -0.156. The number of carbonyl (C=O) groups is 2. The number of anilines is 2. The normalized spacial score (nSPS) is 11.0. The zero-order valence-corrected chi connectivity index (χ0v) is 20.9. The second-order valence-corrected chi connectivity index (χ2v) is 8.37. The summed E-state index contributed by atoms with van der Waals surface area (Å²) in [6.45, 7) is 4.24. The van der Waals surface area contributed by atoms with Crippen molar-refractivity contribution in [1.82, 2.24) is 19.5 Å². The van der Waals surface area contributed by atoms with Crippen molar-refractivity contribution in [2.24, 2.45) is 0 Å². The summed E-state index contributed by atoms with van der Waals surface area (Å²) in [7, 11) is 0. The minimum Gasteiger partial charge on any atom is -0.465 e. The summed E-state index contributed by atoms with van der Waals surface area (Å²) in [4.78, 5) is 38.8. The van der Waals surface area contributed by atoms with Crippen LogP contribution in [0, 0.1) is 0 Å². The topological polar surface area (TPSA) is 108 Å². The maximum Gasteiger partial charge on any atom is 0.324 e. The molecule has 10 heteroatoms. The molecule has 2 heterocycles. The predicted molar refractivity (Wildman–Crippen MR) is 134 cm³/mol. The monoisotopic (exact) mass is 537 g/mol. The van der Waals surface area contributed by atoms with Gasteiger partial charge in [0.15, 0.2) is 22.9 Å². The van der Waals surface area contributed by atoms with Crippen molar-refractivity contribution in [3.63, 3.8) is 0 Å². The summed E-state index contributed by atoms with van der Waals surface area (Å²) in [5.41, 5.74) is 3.18. The highest BCUT2D eigenvalue weighted by Crippen LogP contribution is 2.36. The average molecular weight is 538 g/mol. The Morgan fingerprint density at radius 2 is 1.69 bits per heavy atom. The molecule has 180 valence electrons. The van der Waals surface area contributed by atoms with Gasteiger partial charge in [-0.3, -0.25) is 9.59 Å². The molecule has 9 nitrogen and oxygen atoms in total. The average Bonchev–Trinajstić information content (AvgIpc) is 3.26. The highest BCUT2D eigenvalue weighted by atomic mass is 79.9. The molecule has 0 saturated carbocycles. The molecule has 2 aromatic carbocycles. The van der Waals surface area contributed by atoms with Gasteiger partial charge in [0.2, 0.25) is 0 Å². The van der Waals surface area contributed by atoms with Gasteiger partial charge >= 0.3 is 11.9 Å². The van der Waals surface area contributed by atoms with E-state index in [-0.39, 0.29) is 13.2 Å². The Morgan fingerprint density at radius 1 is 0.971 bits per heavy atom. The van der Waals surface area contributed by atoms with E-state index in [4.69, 9.17) is 9.47 Å². The number of esters is 2. The van der Waals surface area contributed by atoms with E-state index in [2.05, 4.69) is 36.2 Å². The summed E-state index contributed by atoms with van der Waals surface area (Å²) in [5, 5.41) is 3.25. The standard InChI is InChI=1S/C25H24BrN5O4/c1-3-34-24(32)19(25(33)35-4-2)17-11-8-12-18(26)20(17)30-22-21-23(28-14-27-22)31(15-29-21)13-16-9-6-5-7-10-16/h5-12,14-15,19H,3-4,13H2,1-2H3,(H,27,28,30). The molecular formula is C25H24BrN5O4. The van der Waals surface area contributed by atoms with Crippen LogP contribution < -0.4 is 5.32 Å². The number of nitrogens with one attached hydrogen (secondary N) is 1. The molecule has 2 aromatic heterocycles. The van der Waals surface area contributed by atoms with Gasteiger partial charge < -0.3 is 19.4 Å². The lowest BCUT2D eigenvalue weighted by atomic mass is 9.97. The fraction of sp³-hybridized carbons (Fsp3) is 0.240. The molecular weight excluding hydrogens is 514 g/mol. The molecule has 0 amide bonds. The molecule has 4 rings (SSSR count). The van der Waals surface area contributed by atoms with Crippen LogP contribution in [-0.4, -0.2) is 44.7 Å². The molecule has 0 bridgehead atoms. The van der Waals surface area contributed by atoms with Crippen LogP contribution in [-0.2, 0) is 25.6 Å². The van der Waals surface area contributed by atoms with Crippen molar-refractivity contribution in [1.29, 1.82) is 0 Å². The van der Waals surface area contributed by atoms with E-state index in [1.54, 1.807) is 38.4 Å². The first-order valence-corrected chi connectivity index (χ1v) is 11.9. The zero-order valence-electron chi connectivity index (χ0n) is 19.3. The maximum absolute atomic E-state index is 12.8. The SMILES string of the molecule is CCOC(=O)C(C(=O)OCC)c1cccc(Br)c1Nc1ncnc2c1ncn2Cc1ccccc1. The number of ether oxygens (including phenoxy) is 2. The zero-order chi connectivity index (χ0) is 24.8. The molecule has 0 spiro atoms. The van der Waals surface area contributed by atoms with Gasteiger partial charge in [-0.2, -0.15) is 0 Å². The lowest BCUT2D eigenvalue weighted by Gasteiger charge is -2.19. The van der Waals surface area contributed by atoms with E-state index in [9.17, 15) is 9.59 Å². The van der Waals surface area contributed by atoms with Gasteiger partial charge in [-0.05, 0) is 41.4 Å². The van der Waals surface area contributed by atoms with Crippen LogP contribution in [0.4, 0.5) is 11.5 Å². The number of carbonyl (C=O) groups excluding carboxylic acids is 2. The molecule has 0 aliphatic heterocycles. The summed E-state index contributed by atoms with van der Waals surface area (Å²) in [5.74, 6) is -2.21. The summed E-state index contributed by atoms with van der Waals surface area (Å²) >= 11 is 3.53. The van der Waals surface area contributed by atoms with Crippen LogP contribution in [0.25, 0.3) is 11.2 Å². The molecule has 0 atom stereocenters. The summed E-state index contributed by atoms with van der Waals surface area (Å²) in [6.07, 6.45) is 3.15. The first-order chi connectivity index (χ1) is 17.0. The number of hydrogen-bond donors (Lipinski definition) is 1. The van der Waals surface area contributed by atoms with E-state index < -0.39 is 17.9 Å². The highest BCUT2D eigenvalue weighted by molar-refractivity contribution is 9.10. The fourth-order valence-electron chi connectivity index (χ4n) is 3.70. The Kier molecular flexibility index (Phi) is 7.71. The smallest absolute Gasteiger partial charge is 0.324 e.